The van der Waals surface area contributed by atoms with Crippen molar-refractivity contribution in [1.82, 2.24) is 4.90 Å². The van der Waals surface area contributed by atoms with Crippen molar-refractivity contribution in [2.24, 2.45) is 0 Å². The number of ether oxygens (including phenoxy) is 1. The zero-order chi connectivity index (χ0) is 18.2. The number of nitrogens with one attached hydrogen (secondary N) is 1. The highest BCUT2D eigenvalue weighted by atomic mass is 32.2. The second-order valence-corrected chi connectivity index (χ2v) is 6.64. The molecule has 0 bridgehead atoms. The van der Waals surface area contributed by atoms with Gasteiger partial charge in [-0.25, -0.2) is 0 Å². The summed E-state index contributed by atoms with van der Waals surface area (Å²) < 4.78 is 5.20. The third kappa shape index (κ3) is 6.15. The molecule has 0 heterocycles. The lowest BCUT2D eigenvalue weighted by molar-refractivity contribution is -0.127. The monoisotopic (exact) mass is 358 g/mol. The van der Waals surface area contributed by atoms with Crippen LogP contribution in [0.4, 0.5) is 5.69 Å². The topological polar surface area (TPSA) is 58.6 Å². The molecule has 25 heavy (non-hydrogen) atoms. The lowest BCUT2D eigenvalue weighted by Gasteiger charge is -2.17. The van der Waals surface area contributed by atoms with E-state index in [0.717, 1.165) is 21.9 Å². The van der Waals surface area contributed by atoms with E-state index in [1.807, 2.05) is 48.5 Å². The lowest BCUT2D eigenvalue weighted by atomic mass is 10.2. The van der Waals surface area contributed by atoms with Crippen LogP contribution in [0, 0.1) is 0 Å². The highest BCUT2D eigenvalue weighted by Gasteiger charge is 2.10. The molecule has 0 spiro atoms. The molecule has 132 valence electrons. The Morgan fingerprint density at radius 2 is 1.88 bits per heavy atom. The van der Waals surface area contributed by atoms with E-state index in [9.17, 15) is 9.59 Å². The third-order valence-electron chi connectivity index (χ3n) is 3.52. The zero-order valence-corrected chi connectivity index (χ0v) is 15.4. The molecule has 0 aliphatic rings. The normalized spacial score (nSPS) is 10.2. The van der Waals surface area contributed by atoms with Crippen LogP contribution in [0.3, 0.4) is 0 Å². The zero-order valence-electron chi connectivity index (χ0n) is 14.6. The molecule has 2 aromatic rings. The summed E-state index contributed by atoms with van der Waals surface area (Å²) in [6.45, 7) is 2.01. The fourth-order valence-corrected chi connectivity index (χ4v) is 3.06. The average molecular weight is 358 g/mol. The Bertz CT molecular complexity index is 732. The van der Waals surface area contributed by atoms with Gasteiger partial charge in [0.25, 0.3) is 0 Å². The molecule has 2 aromatic carbocycles. The van der Waals surface area contributed by atoms with Gasteiger partial charge >= 0.3 is 0 Å². The summed E-state index contributed by atoms with van der Waals surface area (Å²) in [5.41, 5.74) is 1.78. The van der Waals surface area contributed by atoms with E-state index in [1.54, 1.807) is 19.1 Å². The summed E-state index contributed by atoms with van der Waals surface area (Å²) in [6.07, 6.45) is 0. The SMILES string of the molecule is COc1cccc(CN(C)C(=O)CSc2ccc(NC(C)=O)cc2)c1. The number of carbonyl (C=O) groups excluding carboxylic acids is 2. The van der Waals surface area contributed by atoms with Gasteiger partial charge < -0.3 is 15.0 Å². The Labute approximate surface area is 152 Å². The number of rotatable bonds is 7. The Kier molecular flexibility index (Phi) is 6.89. The van der Waals surface area contributed by atoms with Crippen molar-refractivity contribution in [1.29, 1.82) is 0 Å². The molecule has 1 N–H and O–H groups in total. The lowest BCUT2D eigenvalue weighted by Crippen LogP contribution is -2.27. The first-order valence-electron chi connectivity index (χ1n) is 7.85. The van der Waals surface area contributed by atoms with Crippen LogP contribution in [0.25, 0.3) is 0 Å². The summed E-state index contributed by atoms with van der Waals surface area (Å²) in [7, 11) is 3.42. The molecule has 5 nitrogen and oxygen atoms in total. The predicted molar refractivity (Wildman–Crippen MR) is 101 cm³/mol. The second kappa shape index (κ2) is 9.13. The van der Waals surface area contributed by atoms with E-state index < -0.39 is 0 Å². The quantitative estimate of drug-likeness (QED) is 0.771. The Morgan fingerprint density at radius 1 is 1.16 bits per heavy atom. The molecule has 0 atom stereocenters. The van der Waals surface area contributed by atoms with Gasteiger partial charge in [0.15, 0.2) is 0 Å². The third-order valence-corrected chi connectivity index (χ3v) is 4.51. The molecule has 6 heteroatoms. The van der Waals surface area contributed by atoms with Gasteiger partial charge in [0.1, 0.15) is 5.75 Å². The van der Waals surface area contributed by atoms with Crippen molar-refractivity contribution < 1.29 is 14.3 Å². The van der Waals surface area contributed by atoms with Crippen LogP contribution in [-0.2, 0) is 16.1 Å². The first kappa shape index (κ1) is 18.9. The minimum absolute atomic E-state index is 0.0544. The highest BCUT2D eigenvalue weighted by Crippen LogP contribution is 2.21. The smallest absolute Gasteiger partial charge is 0.232 e. The van der Waals surface area contributed by atoms with Gasteiger partial charge in [-0.1, -0.05) is 12.1 Å². The molecule has 0 aliphatic carbocycles. The van der Waals surface area contributed by atoms with Gasteiger partial charge in [-0.15, -0.1) is 11.8 Å². The number of benzene rings is 2. The van der Waals surface area contributed by atoms with Gasteiger partial charge in [0.05, 0.1) is 12.9 Å². The minimum Gasteiger partial charge on any atom is -0.497 e. The molecule has 0 saturated heterocycles. The maximum absolute atomic E-state index is 12.3. The first-order chi connectivity index (χ1) is 12.0. The summed E-state index contributed by atoms with van der Waals surface area (Å²) >= 11 is 1.47. The van der Waals surface area contributed by atoms with E-state index in [1.165, 1.54) is 18.7 Å². The number of anilines is 1. The van der Waals surface area contributed by atoms with E-state index in [2.05, 4.69) is 5.32 Å². The molecule has 0 aliphatic heterocycles. The van der Waals surface area contributed by atoms with Crippen LogP contribution in [0.15, 0.2) is 53.4 Å². The molecular weight excluding hydrogens is 336 g/mol. The molecule has 0 unspecified atom stereocenters. The summed E-state index contributed by atoms with van der Waals surface area (Å²) in [5, 5.41) is 2.72. The van der Waals surface area contributed by atoms with Crippen LogP contribution >= 0.6 is 11.8 Å². The molecule has 2 amide bonds. The van der Waals surface area contributed by atoms with Crippen LogP contribution in [-0.4, -0.2) is 36.6 Å². The van der Waals surface area contributed by atoms with Gasteiger partial charge in [-0.05, 0) is 42.0 Å². The number of thioether (sulfide) groups is 1. The molecule has 2 rings (SSSR count). The van der Waals surface area contributed by atoms with E-state index in [-0.39, 0.29) is 11.8 Å². The number of nitrogens with zero attached hydrogens (tertiary/aromatic N) is 1. The molecule has 0 saturated carbocycles. The number of hydrogen-bond donors (Lipinski definition) is 1. The average Bonchev–Trinajstić information content (AvgIpc) is 2.60. The van der Waals surface area contributed by atoms with Crippen LogP contribution in [0.2, 0.25) is 0 Å². The van der Waals surface area contributed by atoms with Crippen LogP contribution in [0.1, 0.15) is 12.5 Å². The maximum Gasteiger partial charge on any atom is 0.232 e. The van der Waals surface area contributed by atoms with Gasteiger partial charge in [0, 0.05) is 31.1 Å². The standard InChI is InChI=1S/C19H22N2O3S/c1-14(22)20-16-7-9-18(10-8-16)25-13-19(23)21(2)12-15-5-4-6-17(11-15)24-3/h4-11H,12-13H2,1-3H3,(H,20,22). The number of carbonyl (C=O) groups is 2. The van der Waals surface area contributed by atoms with Crippen LogP contribution in [0.5, 0.6) is 5.75 Å². The van der Waals surface area contributed by atoms with E-state index in [0.29, 0.717) is 12.3 Å². The second-order valence-electron chi connectivity index (χ2n) is 5.60. The fraction of sp³-hybridized carbons (Fsp3) is 0.263. The van der Waals surface area contributed by atoms with Crippen molar-refractivity contribution in [2.45, 2.75) is 18.4 Å². The molecule has 0 fully saturated rings. The Hall–Kier alpha value is -2.47. The van der Waals surface area contributed by atoms with Crippen molar-refractivity contribution in [2.75, 3.05) is 25.2 Å². The largest absolute Gasteiger partial charge is 0.497 e. The van der Waals surface area contributed by atoms with Crippen molar-refractivity contribution >= 4 is 29.3 Å². The number of methoxy groups -OCH3 is 1. The Morgan fingerprint density at radius 3 is 2.52 bits per heavy atom. The van der Waals surface area contributed by atoms with Crippen molar-refractivity contribution in [3.63, 3.8) is 0 Å². The van der Waals surface area contributed by atoms with Gasteiger partial charge in [-0.3, -0.25) is 9.59 Å². The van der Waals surface area contributed by atoms with Crippen LogP contribution < -0.4 is 10.1 Å². The van der Waals surface area contributed by atoms with Crippen molar-refractivity contribution in [3.8, 4) is 5.75 Å². The van der Waals surface area contributed by atoms with E-state index >= 15 is 0 Å². The predicted octanol–water partition coefficient (Wildman–Crippen LogP) is 3.40. The molecule has 0 radical (unpaired) electrons. The number of hydrogen-bond acceptors (Lipinski definition) is 4. The fourth-order valence-electron chi connectivity index (χ4n) is 2.23. The summed E-state index contributed by atoms with van der Waals surface area (Å²) in [6, 6.07) is 15.1. The molecule has 0 aromatic heterocycles. The summed E-state index contributed by atoms with van der Waals surface area (Å²) in [5.74, 6) is 1.10. The number of amides is 2. The summed E-state index contributed by atoms with van der Waals surface area (Å²) in [4.78, 5) is 26.0. The molecular formula is C19H22N2O3S. The Balaban J connectivity index is 1.85. The van der Waals surface area contributed by atoms with E-state index in [4.69, 9.17) is 4.74 Å². The van der Waals surface area contributed by atoms with Gasteiger partial charge in [-0.2, -0.15) is 0 Å². The minimum atomic E-state index is -0.102. The van der Waals surface area contributed by atoms with Gasteiger partial charge in [0.2, 0.25) is 11.8 Å². The highest BCUT2D eigenvalue weighted by molar-refractivity contribution is 8.00. The first-order valence-corrected chi connectivity index (χ1v) is 8.84. The van der Waals surface area contributed by atoms with Crippen molar-refractivity contribution in [3.05, 3.63) is 54.1 Å². The maximum atomic E-state index is 12.3.